The number of aromatic nitrogens is 6. The Labute approximate surface area is 254 Å². The highest BCUT2D eigenvalue weighted by atomic mass is 35.5. The van der Waals surface area contributed by atoms with Gasteiger partial charge in [-0.15, -0.1) is 10.2 Å². The van der Waals surface area contributed by atoms with Gasteiger partial charge in [0.15, 0.2) is 23.4 Å². The van der Waals surface area contributed by atoms with Crippen LogP contribution in [0.2, 0.25) is 10.0 Å². The molecule has 1 fully saturated rings. The molecule has 0 radical (unpaired) electrons. The highest BCUT2D eigenvalue weighted by molar-refractivity contribution is 6.32. The third-order valence-corrected chi connectivity index (χ3v) is 7.74. The number of alkyl halides is 6. The number of aliphatic hydroxyl groups is 2. The molecule has 0 amide bonds. The van der Waals surface area contributed by atoms with Gasteiger partial charge in [0.2, 0.25) is 5.95 Å². The number of halogens is 8. The predicted octanol–water partition coefficient (Wildman–Crippen LogP) is 4.46. The van der Waals surface area contributed by atoms with Gasteiger partial charge in [0, 0.05) is 36.5 Å². The molecule has 0 aliphatic carbocycles. The number of nitrogens with zero attached hydrogens (tertiary/aromatic N) is 7. The molecule has 4 aromatic rings. The van der Waals surface area contributed by atoms with Crippen LogP contribution >= 0.6 is 23.2 Å². The number of hydrogen-bond donors (Lipinski definition) is 2. The normalized spacial score (nSPS) is 16.4. The van der Waals surface area contributed by atoms with E-state index < -0.39 is 55.7 Å². The van der Waals surface area contributed by atoms with Gasteiger partial charge in [-0.25, -0.2) is 9.48 Å². The summed E-state index contributed by atoms with van der Waals surface area (Å²) in [5, 5.41) is 29.0. The van der Waals surface area contributed by atoms with Gasteiger partial charge in [-0.2, -0.15) is 36.0 Å². The van der Waals surface area contributed by atoms with E-state index in [0.717, 1.165) is 4.68 Å². The summed E-state index contributed by atoms with van der Waals surface area (Å²) in [5.41, 5.74) is -3.34. The third kappa shape index (κ3) is 6.29. The lowest BCUT2D eigenvalue weighted by molar-refractivity contribution is -0.266. The number of piperidine rings is 1. The molecule has 236 valence electrons. The number of anilines is 1. The molecule has 1 unspecified atom stereocenters. The topological polar surface area (TPSA) is 114 Å². The van der Waals surface area contributed by atoms with Crippen molar-refractivity contribution in [3.05, 3.63) is 74.9 Å². The second-order valence-electron chi connectivity index (χ2n) is 10.1. The van der Waals surface area contributed by atoms with Crippen molar-refractivity contribution in [2.24, 2.45) is 0 Å². The lowest BCUT2D eigenvalue weighted by atomic mass is 9.91. The summed E-state index contributed by atoms with van der Waals surface area (Å²) in [7, 11) is 0. The quantitative estimate of drug-likeness (QED) is 0.280. The first-order chi connectivity index (χ1) is 20.6. The molecular formula is C26H23Cl2F6N7O3. The fourth-order valence-corrected chi connectivity index (χ4v) is 5.04. The van der Waals surface area contributed by atoms with Crippen LogP contribution in [0.15, 0.2) is 53.3 Å². The van der Waals surface area contributed by atoms with Crippen molar-refractivity contribution in [3.8, 4) is 17.1 Å². The zero-order valence-electron chi connectivity index (χ0n) is 22.4. The summed E-state index contributed by atoms with van der Waals surface area (Å²) in [5.74, 6) is -0.194. The van der Waals surface area contributed by atoms with Crippen LogP contribution < -0.4 is 10.6 Å². The first kappa shape index (κ1) is 31.8. The third-order valence-electron chi connectivity index (χ3n) is 7.17. The van der Waals surface area contributed by atoms with Crippen molar-refractivity contribution in [1.29, 1.82) is 0 Å². The SMILES string of the molecule is O=c1n(Cc2nc(N3CCC(O)(C(F)(F)F)CC3)n(-c3ccccc3Cl)n2)nc(-c2ccc(Cl)cc2)n1CC(O)C(F)(F)F. The molecule has 44 heavy (non-hydrogen) atoms. The van der Waals surface area contributed by atoms with E-state index in [-0.39, 0.29) is 41.3 Å². The van der Waals surface area contributed by atoms with E-state index in [1.807, 2.05) is 0 Å². The van der Waals surface area contributed by atoms with Crippen LogP contribution in [0.4, 0.5) is 32.3 Å². The highest BCUT2D eigenvalue weighted by Crippen LogP contribution is 2.39. The first-order valence-corrected chi connectivity index (χ1v) is 13.8. The summed E-state index contributed by atoms with van der Waals surface area (Å²) in [6, 6.07) is 12.2. The summed E-state index contributed by atoms with van der Waals surface area (Å²) in [6.45, 7) is -2.10. The minimum Gasteiger partial charge on any atom is -0.382 e. The van der Waals surface area contributed by atoms with E-state index in [0.29, 0.717) is 15.3 Å². The number of para-hydroxylation sites is 1. The average molecular weight is 666 g/mol. The Balaban J connectivity index is 1.54. The van der Waals surface area contributed by atoms with E-state index in [1.54, 1.807) is 24.3 Å². The Bertz CT molecular complexity index is 1690. The van der Waals surface area contributed by atoms with Crippen LogP contribution in [-0.2, 0) is 13.1 Å². The molecule has 1 atom stereocenters. The summed E-state index contributed by atoms with van der Waals surface area (Å²) in [4.78, 5) is 19.2. The number of benzene rings is 2. The van der Waals surface area contributed by atoms with Gasteiger partial charge in [-0.3, -0.25) is 4.57 Å². The van der Waals surface area contributed by atoms with Crippen LogP contribution in [0, 0.1) is 0 Å². The van der Waals surface area contributed by atoms with Crippen molar-refractivity contribution >= 4 is 29.2 Å². The van der Waals surface area contributed by atoms with E-state index in [2.05, 4.69) is 15.2 Å². The lowest BCUT2D eigenvalue weighted by Gasteiger charge is -2.39. The highest BCUT2D eigenvalue weighted by Gasteiger charge is 2.55. The minimum atomic E-state index is -5.02. The van der Waals surface area contributed by atoms with Gasteiger partial charge < -0.3 is 15.1 Å². The van der Waals surface area contributed by atoms with Crippen molar-refractivity contribution < 1.29 is 36.6 Å². The van der Waals surface area contributed by atoms with Gasteiger partial charge in [-0.05, 0) is 36.4 Å². The van der Waals surface area contributed by atoms with Crippen molar-refractivity contribution in [3.63, 3.8) is 0 Å². The second kappa shape index (κ2) is 11.7. The van der Waals surface area contributed by atoms with Crippen molar-refractivity contribution in [1.82, 2.24) is 29.1 Å². The molecule has 2 N–H and O–H groups in total. The molecule has 3 heterocycles. The van der Waals surface area contributed by atoms with E-state index in [4.69, 9.17) is 23.2 Å². The van der Waals surface area contributed by atoms with E-state index >= 15 is 0 Å². The summed E-state index contributed by atoms with van der Waals surface area (Å²) < 4.78 is 82.6. The zero-order valence-corrected chi connectivity index (χ0v) is 23.9. The van der Waals surface area contributed by atoms with Crippen molar-refractivity contribution in [2.45, 2.75) is 50.0 Å². The molecule has 1 saturated heterocycles. The predicted molar refractivity (Wildman–Crippen MR) is 147 cm³/mol. The van der Waals surface area contributed by atoms with Crippen LogP contribution in [0.5, 0.6) is 0 Å². The largest absolute Gasteiger partial charge is 0.417 e. The summed E-state index contributed by atoms with van der Waals surface area (Å²) >= 11 is 12.3. The van der Waals surface area contributed by atoms with E-state index in [9.17, 15) is 41.4 Å². The van der Waals surface area contributed by atoms with Crippen LogP contribution in [0.1, 0.15) is 18.7 Å². The molecule has 2 aromatic heterocycles. The lowest BCUT2D eigenvalue weighted by Crippen LogP contribution is -2.53. The van der Waals surface area contributed by atoms with Gasteiger partial charge in [-0.1, -0.05) is 35.3 Å². The molecule has 2 aromatic carbocycles. The van der Waals surface area contributed by atoms with Crippen LogP contribution in [0.3, 0.4) is 0 Å². The first-order valence-electron chi connectivity index (χ1n) is 13.0. The molecule has 10 nitrogen and oxygen atoms in total. The molecule has 5 rings (SSSR count). The molecule has 18 heteroatoms. The second-order valence-corrected chi connectivity index (χ2v) is 11.0. The zero-order chi connectivity index (χ0) is 32.0. The van der Waals surface area contributed by atoms with Crippen LogP contribution in [-0.4, -0.2) is 76.5 Å². The fourth-order valence-electron chi connectivity index (χ4n) is 4.69. The molecule has 0 saturated carbocycles. The Morgan fingerprint density at radius 3 is 2.18 bits per heavy atom. The van der Waals surface area contributed by atoms with Gasteiger partial charge in [0.1, 0.15) is 6.54 Å². The van der Waals surface area contributed by atoms with E-state index in [1.165, 1.54) is 33.8 Å². The minimum absolute atomic E-state index is 0.0650. The Morgan fingerprint density at radius 1 is 0.955 bits per heavy atom. The van der Waals surface area contributed by atoms with Gasteiger partial charge in [0.05, 0.1) is 17.3 Å². The molecule has 0 spiro atoms. The Hall–Kier alpha value is -3.60. The van der Waals surface area contributed by atoms with Crippen molar-refractivity contribution in [2.75, 3.05) is 18.0 Å². The molecule has 0 bridgehead atoms. The Kier molecular flexibility index (Phi) is 8.48. The molecule has 1 aliphatic rings. The van der Waals surface area contributed by atoms with Gasteiger partial charge >= 0.3 is 18.0 Å². The smallest absolute Gasteiger partial charge is 0.382 e. The molecule has 1 aliphatic heterocycles. The number of rotatable bonds is 7. The maximum atomic E-state index is 13.4. The maximum Gasteiger partial charge on any atom is 0.417 e. The van der Waals surface area contributed by atoms with Gasteiger partial charge in [0.25, 0.3) is 0 Å². The number of hydrogen-bond acceptors (Lipinski definition) is 7. The average Bonchev–Trinajstić information content (AvgIpc) is 3.50. The summed E-state index contributed by atoms with van der Waals surface area (Å²) in [6.07, 6.45) is -14.0. The number of aliphatic hydroxyl groups excluding tert-OH is 1. The fraction of sp³-hybridized carbons (Fsp3) is 0.385. The van der Waals surface area contributed by atoms with Crippen LogP contribution in [0.25, 0.3) is 17.1 Å². The molecular weight excluding hydrogens is 643 g/mol. The maximum absolute atomic E-state index is 13.4. The monoisotopic (exact) mass is 665 g/mol. The standard InChI is InChI=1S/C26H23Cl2F6N7O3/c27-16-7-5-15(6-8-16)21-37-40(23(43)39(21)13-19(42)25(29,30)31)14-20-35-22(41(36-20)18-4-2-1-3-17(18)28)38-11-9-24(44,10-12-38)26(32,33)34/h1-8,19,42,44H,9-14H2. The Morgan fingerprint density at radius 2 is 1.59 bits per heavy atom.